The molecule has 1 aromatic rings. The Labute approximate surface area is 183 Å². The first-order valence-electron chi connectivity index (χ1n) is 13.2. The molecule has 162 valence electrons. The summed E-state index contributed by atoms with van der Waals surface area (Å²) in [7, 11) is 0. The molecule has 0 heterocycles. The zero-order valence-electron chi connectivity index (χ0n) is 19.1. The highest BCUT2D eigenvalue weighted by Gasteiger charge is 2.70. The minimum Gasteiger partial charge on any atom is -0.384 e. The number of benzene rings is 1. The van der Waals surface area contributed by atoms with Crippen LogP contribution in [0.25, 0.3) is 0 Å². The molecule has 8 aliphatic rings. The third kappa shape index (κ3) is 2.29. The average Bonchev–Trinajstić information content (AvgIpc) is 2.65. The lowest BCUT2D eigenvalue weighted by Gasteiger charge is -2.71. The van der Waals surface area contributed by atoms with Crippen molar-refractivity contribution in [3.63, 3.8) is 0 Å². The minimum atomic E-state index is -0.607. The van der Waals surface area contributed by atoms with Crippen LogP contribution in [0.4, 0.5) is 0 Å². The van der Waals surface area contributed by atoms with Crippen molar-refractivity contribution in [3.8, 4) is 0 Å². The number of hydrogen-bond acceptors (Lipinski definition) is 1. The molecule has 8 fully saturated rings. The van der Waals surface area contributed by atoms with Gasteiger partial charge in [-0.3, -0.25) is 0 Å². The van der Waals surface area contributed by atoms with E-state index in [0.29, 0.717) is 0 Å². The van der Waals surface area contributed by atoms with Crippen LogP contribution in [0.15, 0.2) is 18.2 Å². The van der Waals surface area contributed by atoms with Gasteiger partial charge in [-0.05, 0) is 138 Å². The van der Waals surface area contributed by atoms with Crippen LogP contribution in [0.1, 0.15) is 93.7 Å². The zero-order chi connectivity index (χ0) is 20.3. The predicted molar refractivity (Wildman–Crippen MR) is 121 cm³/mol. The summed E-state index contributed by atoms with van der Waals surface area (Å²) in [6.45, 7) is 4.51. The summed E-state index contributed by atoms with van der Waals surface area (Å²) in [6.07, 6.45) is 16.6. The van der Waals surface area contributed by atoms with Crippen molar-refractivity contribution in [1.82, 2.24) is 0 Å². The SMILES string of the molecule is Cc1ccc(C(O)(C23CC4CC(CC(C4)C2)C3)C23CC4CC(CC(C4)C2)C3)c(C)c1. The van der Waals surface area contributed by atoms with Crippen LogP contribution in [0.5, 0.6) is 0 Å². The Morgan fingerprint density at radius 2 is 1.03 bits per heavy atom. The molecular weight excluding hydrogens is 364 g/mol. The molecule has 8 saturated carbocycles. The summed E-state index contributed by atoms with van der Waals surface area (Å²) in [4.78, 5) is 0. The molecule has 0 saturated heterocycles. The normalized spacial score (nSPS) is 50.1. The van der Waals surface area contributed by atoms with Gasteiger partial charge in [0.25, 0.3) is 0 Å². The van der Waals surface area contributed by atoms with Crippen molar-refractivity contribution < 1.29 is 5.11 Å². The molecule has 1 heteroatoms. The molecule has 8 bridgehead atoms. The first kappa shape index (κ1) is 18.7. The third-order valence-electron chi connectivity index (χ3n) is 11.4. The molecule has 0 atom stereocenters. The van der Waals surface area contributed by atoms with Gasteiger partial charge in [0.15, 0.2) is 0 Å². The first-order valence-corrected chi connectivity index (χ1v) is 13.2. The molecule has 30 heavy (non-hydrogen) atoms. The van der Waals surface area contributed by atoms with E-state index in [9.17, 15) is 5.11 Å². The van der Waals surface area contributed by atoms with Gasteiger partial charge in [0.1, 0.15) is 5.60 Å². The summed E-state index contributed by atoms with van der Waals surface area (Å²) in [5.74, 6) is 5.35. The molecule has 1 nitrogen and oxygen atoms in total. The Hall–Kier alpha value is -0.820. The van der Waals surface area contributed by atoms with Crippen LogP contribution < -0.4 is 0 Å². The van der Waals surface area contributed by atoms with Crippen molar-refractivity contribution in [2.24, 2.45) is 46.3 Å². The van der Waals surface area contributed by atoms with Crippen molar-refractivity contribution in [3.05, 3.63) is 34.9 Å². The van der Waals surface area contributed by atoms with E-state index >= 15 is 0 Å². The van der Waals surface area contributed by atoms with Crippen molar-refractivity contribution in [2.75, 3.05) is 0 Å². The Balaban J connectivity index is 1.44. The van der Waals surface area contributed by atoms with Crippen LogP contribution in [0, 0.1) is 60.2 Å². The molecule has 0 unspecified atom stereocenters. The zero-order valence-corrected chi connectivity index (χ0v) is 19.1. The quantitative estimate of drug-likeness (QED) is 0.579. The van der Waals surface area contributed by atoms with E-state index in [0.717, 1.165) is 35.5 Å². The van der Waals surface area contributed by atoms with Crippen LogP contribution in [-0.4, -0.2) is 5.11 Å². The molecule has 9 rings (SSSR count). The van der Waals surface area contributed by atoms with E-state index in [1.807, 2.05) is 0 Å². The monoisotopic (exact) mass is 404 g/mol. The second kappa shape index (κ2) is 5.94. The first-order chi connectivity index (χ1) is 14.4. The molecule has 1 N–H and O–H groups in total. The van der Waals surface area contributed by atoms with E-state index in [1.54, 1.807) is 0 Å². The fraction of sp³-hybridized carbons (Fsp3) is 0.793. The lowest BCUT2D eigenvalue weighted by Crippen LogP contribution is -2.67. The van der Waals surface area contributed by atoms with E-state index in [-0.39, 0.29) is 10.8 Å². The van der Waals surface area contributed by atoms with Gasteiger partial charge in [0.05, 0.1) is 0 Å². The highest BCUT2D eigenvalue weighted by Crippen LogP contribution is 2.75. The maximum Gasteiger partial charge on any atom is 0.101 e. The topological polar surface area (TPSA) is 20.2 Å². The second-order valence-electron chi connectivity index (χ2n) is 13.4. The fourth-order valence-corrected chi connectivity index (χ4v) is 11.5. The lowest BCUT2D eigenvalue weighted by atomic mass is 9.35. The third-order valence-corrected chi connectivity index (χ3v) is 11.4. The molecule has 1 aromatic carbocycles. The van der Waals surface area contributed by atoms with Gasteiger partial charge < -0.3 is 5.11 Å². The Bertz CT molecular complexity index is 764. The molecule has 0 aromatic heterocycles. The molecule has 0 amide bonds. The standard InChI is InChI=1S/C29H40O/c1-18-3-4-26(19(2)5-18)29(30,27-12-20-6-21(13-27)8-22(7-20)14-27)28-15-23-9-24(16-28)11-25(10-23)17-28/h3-5,20-25,30H,6-17H2,1-2H3. The van der Waals surface area contributed by atoms with Crippen LogP contribution in [0.2, 0.25) is 0 Å². The molecule has 0 aliphatic heterocycles. The van der Waals surface area contributed by atoms with Crippen molar-refractivity contribution >= 4 is 0 Å². The van der Waals surface area contributed by atoms with Gasteiger partial charge in [-0.25, -0.2) is 0 Å². The van der Waals surface area contributed by atoms with E-state index in [2.05, 4.69) is 32.0 Å². The van der Waals surface area contributed by atoms with Crippen LogP contribution in [0.3, 0.4) is 0 Å². The summed E-state index contributed by atoms with van der Waals surface area (Å²) in [6, 6.07) is 7.04. The number of rotatable bonds is 3. The Morgan fingerprint density at radius 1 is 0.667 bits per heavy atom. The second-order valence-corrected chi connectivity index (χ2v) is 13.4. The van der Waals surface area contributed by atoms with Crippen LogP contribution in [-0.2, 0) is 5.60 Å². The Morgan fingerprint density at radius 3 is 1.37 bits per heavy atom. The molecule has 8 aliphatic carbocycles. The average molecular weight is 405 g/mol. The van der Waals surface area contributed by atoms with Crippen molar-refractivity contribution in [2.45, 2.75) is 96.5 Å². The lowest BCUT2D eigenvalue weighted by molar-refractivity contribution is -0.277. The molecular formula is C29H40O. The number of aryl methyl sites for hydroxylation is 2. The Kier molecular flexibility index (Phi) is 3.71. The van der Waals surface area contributed by atoms with Gasteiger partial charge in [0.2, 0.25) is 0 Å². The minimum absolute atomic E-state index is 0.146. The molecule has 0 spiro atoms. The number of hydrogen-bond donors (Lipinski definition) is 1. The van der Waals surface area contributed by atoms with Gasteiger partial charge in [-0.15, -0.1) is 0 Å². The largest absolute Gasteiger partial charge is 0.384 e. The van der Waals surface area contributed by atoms with E-state index in [1.165, 1.54) is 93.7 Å². The van der Waals surface area contributed by atoms with E-state index < -0.39 is 5.60 Å². The fourth-order valence-electron chi connectivity index (χ4n) is 11.5. The summed E-state index contributed by atoms with van der Waals surface area (Å²) < 4.78 is 0. The van der Waals surface area contributed by atoms with Gasteiger partial charge in [-0.2, -0.15) is 0 Å². The van der Waals surface area contributed by atoms with Crippen molar-refractivity contribution in [1.29, 1.82) is 0 Å². The summed E-state index contributed by atoms with van der Waals surface area (Å²) in [5, 5.41) is 13.5. The molecule has 0 radical (unpaired) electrons. The van der Waals surface area contributed by atoms with Gasteiger partial charge in [-0.1, -0.05) is 23.8 Å². The maximum atomic E-state index is 13.5. The summed E-state index contributed by atoms with van der Waals surface area (Å²) >= 11 is 0. The van der Waals surface area contributed by atoms with Crippen LogP contribution >= 0.6 is 0 Å². The van der Waals surface area contributed by atoms with Gasteiger partial charge >= 0.3 is 0 Å². The number of aliphatic hydroxyl groups is 1. The van der Waals surface area contributed by atoms with Gasteiger partial charge in [0, 0.05) is 10.8 Å². The smallest absolute Gasteiger partial charge is 0.101 e. The predicted octanol–water partition coefficient (Wildman–Crippen LogP) is 6.92. The highest BCUT2D eigenvalue weighted by molar-refractivity contribution is 5.40. The van der Waals surface area contributed by atoms with E-state index in [4.69, 9.17) is 0 Å². The maximum absolute atomic E-state index is 13.5. The summed E-state index contributed by atoms with van der Waals surface area (Å²) in [5.41, 5.74) is 3.74. The highest BCUT2D eigenvalue weighted by atomic mass is 16.3.